The van der Waals surface area contributed by atoms with E-state index in [1.54, 1.807) is 34.9 Å². The second-order valence-electron chi connectivity index (χ2n) is 8.94. The molecule has 0 amide bonds. The zero-order valence-corrected chi connectivity index (χ0v) is 19.5. The second-order valence-corrected chi connectivity index (χ2v) is 10.8. The van der Waals surface area contributed by atoms with Crippen molar-refractivity contribution in [1.29, 1.82) is 0 Å². The van der Waals surface area contributed by atoms with Crippen LogP contribution in [0.2, 0.25) is 0 Å². The molecule has 30 heavy (non-hydrogen) atoms. The number of nitrogens with one attached hydrogen (secondary N) is 1. The van der Waals surface area contributed by atoms with Gasteiger partial charge in [0.05, 0.1) is 4.90 Å². The van der Waals surface area contributed by atoms with Gasteiger partial charge in [0.25, 0.3) is 0 Å². The van der Waals surface area contributed by atoms with E-state index in [9.17, 15) is 8.42 Å². The molecule has 0 spiro atoms. The molecule has 1 aromatic carbocycles. The van der Waals surface area contributed by atoms with Crippen molar-refractivity contribution in [1.82, 2.24) is 9.72 Å². The van der Waals surface area contributed by atoms with Crippen LogP contribution in [0.15, 0.2) is 64.6 Å². The molecule has 0 aliphatic rings. The van der Waals surface area contributed by atoms with E-state index in [1.807, 2.05) is 45.0 Å². The lowest BCUT2D eigenvalue weighted by molar-refractivity contribution is 0.126. The Morgan fingerprint density at radius 3 is 2.30 bits per heavy atom. The van der Waals surface area contributed by atoms with E-state index in [-0.39, 0.29) is 22.6 Å². The molecule has 1 N–H and O–H groups in total. The van der Waals surface area contributed by atoms with Crippen LogP contribution >= 0.6 is 0 Å². The Morgan fingerprint density at radius 2 is 1.73 bits per heavy atom. The van der Waals surface area contributed by atoms with Crippen molar-refractivity contribution < 1.29 is 13.2 Å². The third kappa shape index (κ3) is 4.71. The van der Waals surface area contributed by atoms with E-state index in [0.29, 0.717) is 10.8 Å². The number of sulfone groups is 1. The average molecular weight is 429 g/mol. The highest BCUT2D eigenvalue weighted by molar-refractivity contribution is 7.91. The summed E-state index contributed by atoms with van der Waals surface area (Å²) in [4.78, 5) is 0.262. The summed E-state index contributed by atoms with van der Waals surface area (Å²) in [6.45, 7) is 12.3. The van der Waals surface area contributed by atoms with Crippen LogP contribution in [0.3, 0.4) is 0 Å². The second kappa shape index (κ2) is 8.44. The predicted molar refractivity (Wildman–Crippen MR) is 121 cm³/mol. The Hall–Kier alpha value is -2.31. The van der Waals surface area contributed by atoms with Crippen molar-refractivity contribution in [2.24, 2.45) is 0 Å². The summed E-state index contributed by atoms with van der Waals surface area (Å²) in [6, 6.07) is 14.4. The molecule has 6 heteroatoms. The summed E-state index contributed by atoms with van der Waals surface area (Å²) < 4.78 is 34.9. The lowest BCUT2D eigenvalue weighted by Gasteiger charge is -2.28. The largest absolute Gasteiger partial charge is 0.475 e. The quantitative estimate of drug-likeness (QED) is 0.512. The molecule has 0 saturated heterocycles. The first-order valence-corrected chi connectivity index (χ1v) is 11.9. The summed E-state index contributed by atoms with van der Waals surface area (Å²) in [6.07, 6.45) is 2.45. The van der Waals surface area contributed by atoms with Gasteiger partial charge in [-0.1, -0.05) is 26.8 Å². The maximum atomic E-state index is 13.5. The maximum absolute atomic E-state index is 13.5. The van der Waals surface area contributed by atoms with Crippen molar-refractivity contribution in [3.8, 4) is 5.75 Å². The zero-order valence-electron chi connectivity index (χ0n) is 18.6. The molecular weight excluding hydrogens is 396 g/mol. The van der Waals surface area contributed by atoms with Crippen molar-refractivity contribution in [3.63, 3.8) is 0 Å². The lowest BCUT2D eigenvalue weighted by Crippen LogP contribution is -2.46. The minimum Gasteiger partial charge on any atom is -0.475 e. The van der Waals surface area contributed by atoms with Crippen LogP contribution in [0.5, 0.6) is 5.75 Å². The number of aromatic nitrogens is 1. The van der Waals surface area contributed by atoms with Crippen molar-refractivity contribution >= 4 is 15.4 Å². The number of benzene rings is 1. The zero-order chi connectivity index (χ0) is 22.1. The van der Waals surface area contributed by atoms with Gasteiger partial charge in [-0.15, -0.1) is 0 Å². The van der Waals surface area contributed by atoms with Crippen molar-refractivity contribution in [2.75, 3.05) is 0 Å². The highest BCUT2D eigenvalue weighted by Gasteiger charge is 2.27. The number of ether oxygens (including phenoxy) is 1. The molecule has 1 atom stereocenters. The molecule has 3 aromatic rings. The average Bonchev–Trinajstić information content (AvgIpc) is 3.07. The van der Waals surface area contributed by atoms with Gasteiger partial charge >= 0.3 is 0 Å². The van der Waals surface area contributed by atoms with Gasteiger partial charge in [-0.25, -0.2) is 8.42 Å². The normalized spacial score (nSPS) is 13.7. The van der Waals surface area contributed by atoms with E-state index in [1.165, 1.54) is 0 Å². The SMILES string of the molecule is CCC(NC(C)(C)C)Oc1ccc(S(=O)(=O)c2c(C(C)C)cc3ccccn23)cc1. The van der Waals surface area contributed by atoms with Crippen LogP contribution in [-0.4, -0.2) is 24.6 Å². The van der Waals surface area contributed by atoms with Crippen LogP contribution in [0.4, 0.5) is 0 Å². The molecule has 3 rings (SSSR count). The summed E-state index contributed by atoms with van der Waals surface area (Å²) in [5.74, 6) is 0.729. The van der Waals surface area contributed by atoms with Gasteiger partial charge in [0.15, 0.2) is 0 Å². The van der Waals surface area contributed by atoms with Crippen LogP contribution in [0.25, 0.3) is 5.52 Å². The van der Waals surface area contributed by atoms with Crippen LogP contribution in [-0.2, 0) is 9.84 Å². The fourth-order valence-electron chi connectivity index (χ4n) is 3.49. The molecule has 0 radical (unpaired) electrons. The predicted octanol–water partition coefficient (Wildman–Crippen LogP) is 5.40. The van der Waals surface area contributed by atoms with Crippen LogP contribution < -0.4 is 10.1 Å². The fraction of sp³-hybridized carbons (Fsp3) is 0.417. The number of nitrogens with zero attached hydrogens (tertiary/aromatic N) is 1. The van der Waals surface area contributed by atoms with E-state index < -0.39 is 9.84 Å². The van der Waals surface area contributed by atoms with E-state index in [4.69, 9.17) is 4.74 Å². The molecule has 0 aliphatic heterocycles. The molecule has 0 bridgehead atoms. The van der Waals surface area contributed by atoms with Gasteiger partial charge in [-0.3, -0.25) is 5.32 Å². The Morgan fingerprint density at radius 1 is 1.07 bits per heavy atom. The van der Waals surface area contributed by atoms with E-state index in [2.05, 4.69) is 26.1 Å². The summed E-state index contributed by atoms with van der Waals surface area (Å²) in [5, 5.41) is 3.75. The molecule has 5 nitrogen and oxygen atoms in total. The molecular formula is C24H32N2O3S. The number of rotatable bonds is 7. The van der Waals surface area contributed by atoms with Gasteiger partial charge in [0.1, 0.15) is 17.0 Å². The first-order valence-electron chi connectivity index (χ1n) is 10.4. The van der Waals surface area contributed by atoms with Crippen molar-refractivity contribution in [2.45, 2.75) is 75.6 Å². The smallest absolute Gasteiger partial charge is 0.222 e. The third-order valence-electron chi connectivity index (χ3n) is 4.91. The van der Waals surface area contributed by atoms with E-state index >= 15 is 0 Å². The molecule has 0 aliphatic carbocycles. The number of hydrogen-bond acceptors (Lipinski definition) is 4. The Kier molecular flexibility index (Phi) is 6.29. The third-order valence-corrected chi connectivity index (χ3v) is 6.75. The van der Waals surface area contributed by atoms with Gasteiger partial charge in [-0.05, 0) is 81.1 Å². The van der Waals surface area contributed by atoms with Crippen LogP contribution in [0, 0.1) is 0 Å². The Balaban J connectivity index is 1.95. The van der Waals surface area contributed by atoms with Gasteiger partial charge in [0, 0.05) is 17.3 Å². The van der Waals surface area contributed by atoms with Crippen LogP contribution in [0.1, 0.15) is 59.4 Å². The topological polar surface area (TPSA) is 59.8 Å². The summed E-state index contributed by atoms with van der Waals surface area (Å²) in [5.41, 5.74) is 1.62. The fourth-order valence-corrected chi connectivity index (χ4v) is 5.24. The highest BCUT2D eigenvalue weighted by atomic mass is 32.2. The monoisotopic (exact) mass is 428 g/mol. The molecule has 1 unspecified atom stereocenters. The Bertz CT molecular complexity index is 1110. The molecule has 2 heterocycles. The van der Waals surface area contributed by atoms with Crippen molar-refractivity contribution in [3.05, 3.63) is 60.3 Å². The lowest BCUT2D eigenvalue weighted by atomic mass is 10.1. The first-order chi connectivity index (χ1) is 14.0. The van der Waals surface area contributed by atoms with Gasteiger partial charge in [0.2, 0.25) is 9.84 Å². The highest BCUT2D eigenvalue weighted by Crippen LogP contribution is 2.32. The Labute approximate surface area is 180 Å². The molecule has 162 valence electrons. The number of pyridine rings is 1. The minimum absolute atomic E-state index is 0.0761. The van der Waals surface area contributed by atoms with Gasteiger partial charge < -0.3 is 9.14 Å². The standard InChI is InChI=1S/C24H32N2O3S/c1-7-22(25-24(4,5)6)29-19-11-13-20(14-12-19)30(27,28)23-21(17(2)3)16-18-10-8-9-15-26(18)23/h8-17,22,25H,7H2,1-6H3. The van der Waals surface area contributed by atoms with E-state index in [0.717, 1.165) is 17.5 Å². The summed E-state index contributed by atoms with van der Waals surface area (Å²) >= 11 is 0. The van der Waals surface area contributed by atoms with Gasteiger partial charge in [-0.2, -0.15) is 0 Å². The minimum atomic E-state index is -3.69. The number of hydrogen-bond donors (Lipinski definition) is 1. The maximum Gasteiger partial charge on any atom is 0.222 e. The molecule has 2 aromatic heterocycles. The number of fused-ring (bicyclic) bond motifs is 1. The first kappa shape index (κ1) is 22.4. The molecule has 0 saturated carbocycles. The molecule has 0 fully saturated rings. The summed E-state index contributed by atoms with van der Waals surface area (Å²) in [7, 11) is -3.69.